The molecule has 1 aliphatic rings. The second-order valence-electron chi connectivity index (χ2n) is 3.35. The van der Waals surface area contributed by atoms with E-state index in [9.17, 15) is 12.8 Å². The Morgan fingerprint density at radius 1 is 1.44 bits per heavy atom. The van der Waals surface area contributed by atoms with Crippen LogP contribution >= 0.6 is 0 Å². The average Bonchev–Trinajstić information content (AvgIpc) is 2.63. The molecule has 1 N–H and O–H groups in total. The van der Waals surface area contributed by atoms with Crippen LogP contribution in [-0.2, 0) is 15.1 Å². The minimum atomic E-state index is -3.87. The maximum atomic E-state index is 13.5. The van der Waals surface area contributed by atoms with Crippen LogP contribution in [0.2, 0.25) is 0 Å². The lowest BCUT2D eigenvalue weighted by Gasteiger charge is -2.19. The molecule has 0 aliphatic carbocycles. The van der Waals surface area contributed by atoms with E-state index in [4.69, 9.17) is 4.94 Å². The van der Waals surface area contributed by atoms with Gasteiger partial charge in [-0.2, -0.15) is 12.7 Å². The Morgan fingerprint density at radius 3 is 2.75 bits per heavy atom. The molecule has 0 amide bonds. The lowest BCUT2D eigenvalue weighted by molar-refractivity contribution is 0.222. The first-order valence-corrected chi connectivity index (χ1v) is 5.78. The van der Waals surface area contributed by atoms with Crippen LogP contribution in [0.25, 0.3) is 0 Å². The molecule has 0 radical (unpaired) electrons. The summed E-state index contributed by atoms with van der Waals surface area (Å²) >= 11 is 0. The van der Waals surface area contributed by atoms with Crippen LogP contribution in [0.15, 0.2) is 18.2 Å². The molecule has 1 aromatic rings. The number of rotatable bonds is 2. The zero-order chi connectivity index (χ0) is 11.9. The molecule has 0 bridgehead atoms. The van der Waals surface area contributed by atoms with Gasteiger partial charge in [0.15, 0.2) is 5.82 Å². The van der Waals surface area contributed by atoms with Crippen LogP contribution < -0.4 is 9.95 Å². The molecule has 1 heterocycles. The minimum Gasteiger partial charge on any atom is -0.238 e. The third-order valence-electron chi connectivity index (χ3n) is 2.08. The topological polar surface area (TPSA) is 61.9 Å². The maximum Gasteiger partial charge on any atom is 0.328 e. The zero-order valence-corrected chi connectivity index (χ0v) is 9.45. The van der Waals surface area contributed by atoms with Crippen molar-refractivity contribution < 1.29 is 17.7 Å². The summed E-state index contributed by atoms with van der Waals surface area (Å²) in [5.74, 6) is -0.673. The number of fused-ring (bicyclic) bond motifs is 1. The van der Waals surface area contributed by atoms with Gasteiger partial charge in [0.05, 0.1) is 5.69 Å². The van der Waals surface area contributed by atoms with E-state index in [0.717, 1.165) is 10.4 Å². The van der Waals surface area contributed by atoms with Crippen molar-refractivity contribution >= 4 is 21.6 Å². The molecule has 0 atom stereocenters. The summed E-state index contributed by atoms with van der Waals surface area (Å²) in [5, 5.41) is 0. The first-order chi connectivity index (χ1) is 7.44. The van der Waals surface area contributed by atoms with Crippen molar-refractivity contribution in [3.63, 3.8) is 0 Å². The van der Waals surface area contributed by atoms with Crippen LogP contribution in [0.3, 0.4) is 0 Å². The number of nitrogens with zero attached hydrogens (tertiary/aromatic N) is 2. The van der Waals surface area contributed by atoms with Crippen molar-refractivity contribution in [1.82, 2.24) is 4.31 Å². The predicted molar refractivity (Wildman–Crippen MR) is 56.2 cm³/mol. The molecule has 1 aromatic carbocycles. The van der Waals surface area contributed by atoms with Gasteiger partial charge >= 0.3 is 10.2 Å². The number of hydrogen-bond acceptors (Lipinski definition) is 4. The standard InChI is InChI=1S/C8H10FN3O3S/c1-11(2)16(13,14)12-8-6(9)4-3-5-7(8)10-15-12/h3-5,10H,1-2H3. The van der Waals surface area contributed by atoms with E-state index in [1.165, 1.54) is 26.2 Å². The van der Waals surface area contributed by atoms with E-state index in [1.54, 1.807) is 0 Å². The maximum absolute atomic E-state index is 13.5. The van der Waals surface area contributed by atoms with Gasteiger partial charge in [-0.15, -0.1) is 9.41 Å². The van der Waals surface area contributed by atoms with Crippen molar-refractivity contribution in [1.29, 1.82) is 0 Å². The van der Waals surface area contributed by atoms with Gasteiger partial charge in [-0.3, -0.25) is 0 Å². The lowest BCUT2D eigenvalue weighted by atomic mass is 10.3. The number of nitrogens with one attached hydrogen (secondary N) is 1. The number of halogens is 1. The lowest BCUT2D eigenvalue weighted by Crippen LogP contribution is -2.38. The monoisotopic (exact) mass is 247 g/mol. The molecule has 2 rings (SSSR count). The molecular formula is C8H10FN3O3S. The summed E-state index contributed by atoms with van der Waals surface area (Å²) in [6.07, 6.45) is 0. The fourth-order valence-corrected chi connectivity index (χ4v) is 2.07. The molecule has 88 valence electrons. The third-order valence-corrected chi connectivity index (χ3v) is 3.68. The van der Waals surface area contributed by atoms with Crippen LogP contribution in [-0.4, -0.2) is 26.8 Å². The van der Waals surface area contributed by atoms with Crippen LogP contribution in [0, 0.1) is 5.82 Å². The van der Waals surface area contributed by atoms with Gasteiger partial charge in [-0.05, 0) is 12.1 Å². The molecular weight excluding hydrogens is 237 g/mol. The summed E-state index contributed by atoms with van der Waals surface area (Å²) in [7, 11) is -1.21. The van der Waals surface area contributed by atoms with E-state index >= 15 is 0 Å². The quantitative estimate of drug-likeness (QED) is 0.836. The molecule has 0 saturated carbocycles. The Labute approximate surface area is 92.3 Å². The Hall–Kier alpha value is -1.38. The van der Waals surface area contributed by atoms with Crippen molar-refractivity contribution in [2.45, 2.75) is 0 Å². The molecule has 1 aliphatic heterocycles. The van der Waals surface area contributed by atoms with Crippen LogP contribution in [0.1, 0.15) is 0 Å². The molecule has 16 heavy (non-hydrogen) atoms. The van der Waals surface area contributed by atoms with Gasteiger partial charge in [-0.1, -0.05) is 6.07 Å². The van der Waals surface area contributed by atoms with Gasteiger partial charge in [0.2, 0.25) is 0 Å². The molecule has 0 fully saturated rings. The number of benzene rings is 1. The highest BCUT2D eigenvalue weighted by Crippen LogP contribution is 2.36. The van der Waals surface area contributed by atoms with Crippen LogP contribution in [0.5, 0.6) is 0 Å². The van der Waals surface area contributed by atoms with Crippen molar-refractivity contribution in [3.8, 4) is 0 Å². The van der Waals surface area contributed by atoms with Crippen LogP contribution in [0.4, 0.5) is 15.8 Å². The van der Waals surface area contributed by atoms with E-state index < -0.39 is 16.0 Å². The van der Waals surface area contributed by atoms with Crippen molar-refractivity contribution in [2.75, 3.05) is 24.0 Å². The van der Waals surface area contributed by atoms with Crippen molar-refractivity contribution in [3.05, 3.63) is 24.0 Å². The highest BCUT2D eigenvalue weighted by molar-refractivity contribution is 7.90. The Kier molecular flexibility index (Phi) is 2.49. The number of hydrogen-bond donors (Lipinski definition) is 1. The second kappa shape index (κ2) is 3.58. The highest BCUT2D eigenvalue weighted by atomic mass is 32.2. The Bertz CT molecular complexity index is 517. The average molecular weight is 247 g/mol. The number of anilines is 2. The molecule has 6 nitrogen and oxygen atoms in total. The van der Waals surface area contributed by atoms with Gasteiger partial charge in [0, 0.05) is 14.1 Å². The highest BCUT2D eigenvalue weighted by Gasteiger charge is 2.35. The van der Waals surface area contributed by atoms with E-state index in [2.05, 4.69) is 5.48 Å². The SMILES string of the molecule is CN(C)S(=O)(=O)N1ONc2cccc(F)c21. The van der Waals surface area contributed by atoms with Crippen molar-refractivity contribution in [2.24, 2.45) is 0 Å². The first kappa shape index (κ1) is 11.1. The van der Waals surface area contributed by atoms with Gasteiger partial charge < -0.3 is 0 Å². The van der Waals surface area contributed by atoms with E-state index in [-0.39, 0.29) is 11.4 Å². The summed E-state index contributed by atoms with van der Waals surface area (Å²) < 4.78 is 38.5. The fraction of sp³-hybridized carbons (Fsp3) is 0.250. The largest absolute Gasteiger partial charge is 0.328 e. The third kappa shape index (κ3) is 1.51. The molecule has 0 aromatic heterocycles. The molecule has 0 spiro atoms. The summed E-state index contributed by atoms with van der Waals surface area (Å²) in [6.45, 7) is 0. The summed E-state index contributed by atoms with van der Waals surface area (Å²) in [5.41, 5.74) is 2.46. The first-order valence-electron chi connectivity index (χ1n) is 4.39. The molecule has 0 unspecified atom stereocenters. The second-order valence-corrected chi connectivity index (χ2v) is 5.30. The fourth-order valence-electron chi connectivity index (χ4n) is 1.23. The smallest absolute Gasteiger partial charge is 0.238 e. The Morgan fingerprint density at radius 2 is 2.12 bits per heavy atom. The Balaban J connectivity index is 2.53. The number of para-hydroxylation sites is 1. The summed E-state index contributed by atoms with van der Waals surface area (Å²) in [6, 6.07) is 4.13. The molecule has 8 heteroatoms. The van der Waals surface area contributed by atoms with Gasteiger partial charge in [-0.25, -0.2) is 9.87 Å². The zero-order valence-electron chi connectivity index (χ0n) is 8.64. The van der Waals surface area contributed by atoms with E-state index in [0.29, 0.717) is 4.47 Å². The minimum absolute atomic E-state index is 0.142. The summed E-state index contributed by atoms with van der Waals surface area (Å²) in [4.78, 5) is 4.74. The van der Waals surface area contributed by atoms with Gasteiger partial charge in [0.25, 0.3) is 0 Å². The van der Waals surface area contributed by atoms with Gasteiger partial charge in [0.1, 0.15) is 5.69 Å². The predicted octanol–water partition coefficient (Wildman–Crippen LogP) is 0.711. The molecule has 0 saturated heterocycles. The van der Waals surface area contributed by atoms with E-state index in [1.807, 2.05) is 0 Å². The normalized spacial score (nSPS) is 15.1.